The fraction of sp³-hybridized carbons (Fsp3) is 0.417. The number of carbonyl (C=O) groups is 2. The smallest absolute Gasteiger partial charge is 0.310 e. The van der Waals surface area contributed by atoms with Crippen molar-refractivity contribution in [2.45, 2.75) is 45.6 Å². The van der Waals surface area contributed by atoms with Crippen LogP contribution in [0, 0.1) is 11.8 Å². The van der Waals surface area contributed by atoms with Gasteiger partial charge >= 0.3 is 5.97 Å². The van der Waals surface area contributed by atoms with Gasteiger partial charge in [-0.2, -0.15) is 0 Å². The van der Waals surface area contributed by atoms with E-state index in [1.165, 1.54) is 6.42 Å². The Balaban J connectivity index is 1.38. The average Bonchev–Trinajstić information content (AvgIpc) is 3.13. The minimum atomic E-state index is -0.430. The molecule has 4 rings (SSSR count). The Kier molecular flexibility index (Phi) is 5.56. The van der Waals surface area contributed by atoms with Crippen molar-refractivity contribution in [3.63, 3.8) is 0 Å². The Labute approximate surface area is 170 Å². The molecule has 1 aliphatic rings. The number of hydrogen-bond acceptors (Lipinski definition) is 4. The van der Waals surface area contributed by atoms with Crippen LogP contribution >= 0.6 is 0 Å². The summed E-state index contributed by atoms with van der Waals surface area (Å²) in [5, 5.41) is 6.09. The van der Waals surface area contributed by atoms with Crippen LogP contribution in [0.5, 0.6) is 0 Å². The van der Waals surface area contributed by atoms with Crippen molar-refractivity contribution >= 4 is 33.6 Å². The molecule has 0 aliphatic heterocycles. The second-order valence-electron chi connectivity index (χ2n) is 8.20. The summed E-state index contributed by atoms with van der Waals surface area (Å²) in [7, 11) is 0. The first kappa shape index (κ1) is 19.5. The molecule has 2 aromatic carbocycles. The summed E-state index contributed by atoms with van der Waals surface area (Å²) in [6, 6.07) is 12.1. The third-order valence-electron chi connectivity index (χ3n) is 6.29. The van der Waals surface area contributed by atoms with Gasteiger partial charge in [0.05, 0.1) is 12.7 Å². The molecule has 0 saturated heterocycles. The number of esters is 1. The first-order valence-electron chi connectivity index (χ1n) is 10.4. The molecule has 1 amide bonds. The molecule has 1 heterocycles. The minimum absolute atomic E-state index is 0.0746. The zero-order valence-corrected chi connectivity index (χ0v) is 16.9. The van der Waals surface area contributed by atoms with E-state index in [1.54, 1.807) is 6.26 Å². The van der Waals surface area contributed by atoms with Gasteiger partial charge in [-0.15, -0.1) is 0 Å². The van der Waals surface area contributed by atoms with Crippen LogP contribution in [0.2, 0.25) is 0 Å². The molecule has 0 unspecified atom stereocenters. The van der Waals surface area contributed by atoms with E-state index < -0.39 is 5.97 Å². The summed E-state index contributed by atoms with van der Waals surface area (Å²) in [5.74, 6) is 0.377. The highest BCUT2D eigenvalue weighted by molar-refractivity contribution is 6.08. The van der Waals surface area contributed by atoms with Gasteiger partial charge < -0.3 is 14.5 Å². The predicted molar refractivity (Wildman–Crippen MR) is 112 cm³/mol. The summed E-state index contributed by atoms with van der Waals surface area (Å²) >= 11 is 0. The van der Waals surface area contributed by atoms with Crippen molar-refractivity contribution in [2.75, 3.05) is 6.61 Å². The Morgan fingerprint density at radius 3 is 2.83 bits per heavy atom. The van der Waals surface area contributed by atoms with Crippen LogP contribution in [0.3, 0.4) is 0 Å². The van der Waals surface area contributed by atoms with Crippen molar-refractivity contribution in [1.82, 2.24) is 5.32 Å². The van der Waals surface area contributed by atoms with Gasteiger partial charge in [0.2, 0.25) is 0 Å². The van der Waals surface area contributed by atoms with E-state index in [-0.39, 0.29) is 25.0 Å². The van der Waals surface area contributed by atoms with Gasteiger partial charge in [-0.1, -0.05) is 57.0 Å². The molecule has 1 fully saturated rings. The van der Waals surface area contributed by atoms with E-state index in [4.69, 9.17) is 9.15 Å². The molecule has 5 nitrogen and oxygen atoms in total. The lowest BCUT2D eigenvalue weighted by molar-refractivity contribution is -0.148. The van der Waals surface area contributed by atoms with Gasteiger partial charge in [-0.3, -0.25) is 9.59 Å². The number of hydrogen-bond donors (Lipinski definition) is 1. The normalized spacial score (nSPS) is 21.9. The Morgan fingerprint density at radius 1 is 1.14 bits per heavy atom. The Hall–Kier alpha value is -2.82. The van der Waals surface area contributed by atoms with Gasteiger partial charge in [0.25, 0.3) is 5.91 Å². The van der Waals surface area contributed by atoms with Gasteiger partial charge in [0, 0.05) is 17.0 Å². The molecule has 29 heavy (non-hydrogen) atoms. The molecule has 3 aromatic rings. The lowest BCUT2D eigenvalue weighted by Crippen LogP contribution is -2.45. The Bertz CT molecular complexity index is 1040. The average molecular weight is 393 g/mol. The minimum Gasteiger partial charge on any atom is -0.464 e. The van der Waals surface area contributed by atoms with E-state index in [9.17, 15) is 9.59 Å². The largest absolute Gasteiger partial charge is 0.464 e. The SMILES string of the molecule is C[C@H]1[C@@H](NC(=O)COC(=O)Cc2coc3ccc4ccccc4c23)CCC[C@@H]1C. The molecule has 1 aliphatic carbocycles. The molecular formula is C24H27NO4. The lowest BCUT2D eigenvalue weighted by atomic mass is 9.78. The lowest BCUT2D eigenvalue weighted by Gasteiger charge is -2.34. The van der Waals surface area contributed by atoms with E-state index >= 15 is 0 Å². The van der Waals surface area contributed by atoms with Gasteiger partial charge in [0.15, 0.2) is 6.61 Å². The van der Waals surface area contributed by atoms with Crippen LogP contribution in [0.25, 0.3) is 21.7 Å². The van der Waals surface area contributed by atoms with Crippen LogP contribution in [0.1, 0.15) is 38.7 Å². The summed E-state index contributed by atoms with van der Waals surface area (Å²) in [4.78, 5) is 24.6. The highest BCUT2D eigenvalue weighted by Gasteiger charge is 2.28. The second kappa shape index (κ2) is 8.27. The van der Waals surface area contributed by atoms with Gasteiger partial charge in [-0.05, 0) is 35.1 Å². The van der Waals surface area contributed by atoms with Crippen molar-refractivity contribution in [3.8, 4) is 0 Å². The van der Waals surface area contributed by atoms with Crippen LogP contribution in [0.15, 0.2) is 47.1 Å². The second-order valence-corrected chi connectivity index (χ2v) is 8.20. The number of furan rings is 1. The zero-order valence-electron chi connectivity index (χ0n) is 16.9. The fourth-order valence-electron chi connectivity index (χ4n) is 4.39. The summed E-state index contributed by atoms with van der Waals surface area (Å²) < 4.78 is 10.9. The summed E-state index contributed by atoms with van der Waals surface area (Å²) in [5.41, 5.74) is 1.52. The molecule has 5 heteroatoms. The number of amides is 1. The van der Waals surface area contributed by atoms with Gasteiger partial charge in [0.1, 0.15) is 5.58 Å². The number of benzene rings is 2. The van der Waals surface area contributed by atoms with Crippen LogP contribution in [-0.2, 0) is 20.7 Å². The van der Waals surface area contributed by atoms with E-state index in [0.717, 1.165) is 40.1 Å². The summed E-state index contributed by atoms with van der Waals surface area (Å²) in [6.07, 6.45) is 4.99. The number of carbonyl (C=O) groups excluding carboxylic acids is 2. The van der Waals surface area contributed by atoms with Crippen LogP contribution in [0.4, 0.5) is 0 Å². The maximum Gasteiger partial charge on any atom is 0.310 e. The molecule has 1 aromatic heterocycles. The number of rotatable bonds is 5. The first-order valence-corrected chi connectivity index (χ1v) is 10.4. The highest BCUT2D eigenvalue weighted by atomic mass is 16.5. The van der Waals surface area contributed by atoms with Crippen LogP contribution in [-0.4, -0.2) is 24.5 Å². The van der Waals surface area contributed by atoms with Gasteiger partial charge in [-0.25, -0.2) is 0 Å². The standard InChI is InChI=1S/C24H27NO4/c1-15-6-5-9-20(16(15)2)25-22(26)14-29-23(27)12-18-13-28-21-11-10-17-7-3-4-8-19(17)24(18)21/h3-4,7-8,10-11,13,15-16,20H,5-6,9,12,14H2,1-2H3,(H,25,26)/t15-,16+,20-/m0/s1. The molecule has 0 spiro atoms. The van der Waals surface area contributed by atoms with E-state index in [0.29, 0.717) is 11.8 Å². The van der Waals surface area contributed by atoms with E-state index in [2.05, 4.69) is 19.2 Å². The highest BCUT2D eigenvalue weighted by Crippen LogP contribution is 2.31. The molecule has 1 N–H and O–H groups in total. The summed E-state index contributed by atoms with van der Waals surface area (Å²) in [6.45, 7) is 4.16. The molecule has 0 bridgehead atoms. The predicted octanol–water partition coefficient (Wildman–Crippen LogP) is 4.61. The molecule has 0 radical (unpaired) electrons. The van der Waals surface area contributed by atoms with Crippen molar-refractivity contribution < 1.29 is 18.7 Å². The first-order chi connectivity index (χ1) is 14.0. The van der Waals surface area contributed by atoms with Crippen molar-refractivity contribution in [3.05, 3.63) is 48.2 Å². The molecule has 152 valence electrons. The number of ether oxygens (including phenoxy) is 1. The topological polar surface area (TPSA) is 68.5 Å². The monoisotopic (exact) mass is 393 g/mol. The van der Waals surface area contributed by atoms with Crippen LogP contribution < -0.4 is 5.32 Å². The quantitative estimate of drug-likeness (QED) is 0.643. The third-order valence-corrected chi connectivity index (χ3v) is 6.29. The van der Waals surface area contributed by atoms with Crippen molar-refractivity contribution in [1.29, 1.82) is 0 Å². The number of nitrogens with one attached hydrogen (secondary N) is 1. The fourth-order valence-corrected chi connectivity index (χ4v) is 4.39. The maximum absolute atomic E-state index is 12.4. The zero-order chi connectivity index (χ0) is 20.4. The maximum atomic E-state index is 12.4. The molecular weight excluding hydrogens is 366 g/mol. The Morgan fingerprint density at radius 2 is 1.97 bits per heavy atom. The van der Waals surface area contributed by atoms with Crippen molar-refractivity contribution in [2.24, 2.45) is 11.8 Å². The van der Waals surface area contributed by atoms with E-state index in [1.807, 2.05) is 36.4 Å². The molecule has 1 saturated carbocycles. The number of fused-ring (bicyclic) bond motifs is 3. The molecule has 3 atom stereocenters. The third kappa shape index (κ3) is 4.14.